The van der Waals surface area contributed by atoms with E-state index >= 15 is 0 Å². The van der Waals surface area contributed by atoms with Crippen molar-refractivity contribution in [2.75, 3.05) is 26.8 Å². The Bertz CT molecular complexity index is 346. The Balaban J connectivity index is 2.33. The van der Waals surface area contributed by atoms with Gasteiger partial charge in [0.15, 0.2) is 11.5 Å². The molecule has 0 aromatic heterocycles. The van der Waals surface area contributed by atoms with Gasteiger partial charge in [-0.3, -0.25) is 0 Å². The van der Waals surface area contributed by atoms with Crippen molar-refractivity contribution in [3.8, 4) is 11.5 Å². The molecular weight excluding hydrogens is 202 g/mol. The van der Waals surface area contributed by atoms with Crippen LogP contribution in [-0.4, -0.2) is 26.8 Å². The lowest BCUT2D eigenvalue weighted by Crippen LogP contribution is -2.09. The van der Waals surface area contributed by atoms with E-state index in [9.17, 15) is 0 Å². The zero-order valence-electron chi connectivity index (χ0n) is 9.95. The van der Waals surface area contributed by atoms with Gasteiger partial charge >= 0.3 is 0 Å². The highest BCUT2D eigenvalue weighted by atomic mass is 16.5. The summed E-state index contributed by atoms with van der Waals surface area (Å²) in [7, 11) is 1.69. The molecule has 3 nitrogen and oxygen atoms in total. The average Bonchev–Trinajstić information content (AvgIpc) is 2.83. The van der Waals surface area contributed by atoms with Crippen LogP contribution in [0.15, 0.2) is 18.2 Å². The Morgan fingerprint density at radius 1 is 1.44 bits per heavy atom. The van der Waals surface area contributed by atoms with Gasteiger partial charge < -0.3 is 14.8 Å². The molecule has 0 saturated carbocycles. The number of para-hydroxylation sites is 1. The summed E-state index contributed by atoms with van der Waals surface area (Å²) in [6, 6.07) is 6.14. The van der Waals surface area contributed by atoms with Crippen LogP contribution in [0.1, 0.15) is 24.8 Å². The molecule has 88 valence electrons. The molecule has 1 aromatic rings. The average molecular weight is 221 g/mol. The number of ether oxygens (including phenoxy) is 2. The fraction of sp³-hybridized carbons (Fsp3) is 0.538. The summed E-state index contributed by atoms with van der Waals surface area (Å²) in [6.07, 6.45) is 1.17. The van der Waals surface area contributed by atoms with Crippen molar-refractivity contribution in [3.05, 3.63) is 23.8 Å². The van der Waals surface area contributed by atoms with Gasteiger partial charge in [0.1, 0.15) is 0 Å². The summed E-state index contributed by atoms with van der Waals surface area (Å²) in [5, 5.41) is 3.38. The molecule has 1 aliphatic heterocycles. The molecule has 0 amide bonds. The summed E-state index contributed by atoms with van der Waals surface area (Å²) in [5.74, 6) is 2.31. The van der Waals surface area contributed by atoms with Crippen molar-refractivity contribution in [1.29, 1.82) is 0 Å². The lowest BCUT2D eigenvalue weighted by molar-refractivity contribution is 0.306. The molecule has 0 spiro atoms. The summed E-state index contributed by atoms with van der Waals surface area (Å²) in [6.45, 7) is 4.80. The van der Waals surface area contributed by atoms with E-state index in [2.05, 4.69) is 11.4 Å². The Kier molecular flexibility index (Phi) is 3.67. The third kappa shape index (κ3) is 2.14. The van der Waals surface area contributed by atoms with Crippen LogP contribution in [0.25, 0.3) is 0 Å². The van der Waals surface area contributed by atoms with Gasteiger partial charge in [-0.2, -0.15) is 0 Å². The quantitative estimate of drug-likeness (QED) is 0.845. The molecule has 0 aliphatic carbocycles. The van der Waals surface area contributed by atoms with Crippen molar-refractivity contribution in [3.63, 3.8) is 0 Å². The van der Waals surface area contributed by atoms with E-state index in [0.29, 0.717) is 12.5 Å². The van der Waals surface area contributed by atoms with E-state index in [0.717, 1.165) is 24.6 Å². The molecule has 3 heteroatoms. The van der Waals surface area contributed by atoms with Gasteiger partial charge in [-0.15, -0.1) is 0 Å². The van der Waals surface area contributed by atoms with Gasteiger partial charge in [-0.1, -0.05) is 12.1 Å². The second-order valence-corrected chi connectivity index (χ2v) is 4.00. The molecule has 1 atom stereocenters. The van der Waals surface area contributed by atoms with Gasteiger partial charge in [0, 0.05) is 18.0 Å². The Morgan fingerprint density at radius 3 is 2.94 bits per heavy atom. The molecule has 1 aromatic carbocycles. The number of nitrogens with one attached hydrogen (secondary N) is 1. The van der Waals surface area contributed by atoms with E-state index in [1.54, 1.807) is 7.11 Å². The maximum Gasteiger partial charge on any atom is 0.164 e. The zero-order chi connectivity index (χ0) is 11.4. The third-order valence-corrected chi connectivity index (χ3v) is 3.02. The SMILES string of the molecule is CCOc1c(OC)cccc1C1CCNC1. The minimum Gasteiger partial charge on any atom is -0.493 e. The van der Waals surface area contributed by atoms with E-state index in [4.69, 9.17) is 9.47 Å². The zero-order valence-corrected chi connectivity index (χ0v) is 9.95. The van der Waals surface area contributed by atoms with Crippen molar-refractivity contribution in [2.24, 2.45) is 0 Å². The smallest absolute Gasteiger partial charge is 0.164 e. The molecule has 1 saturated heterocycles. The topological polar surface area (TPSA) is 30.5 Å². The van der Waals surface area contributed by atoms with Crippen molar-refractivity contribution >= 4 is 0 Å². The molecular formula is C13H19NO2. The first kappa shape index (κ1) is 11.3. The molecule has 1 N–H and O–H groups in total. The minimum absolute atomic E-state index is 0.552. The summed E-state index contributed by atoms with van der Waals surface area (Å²) >= 11 is 0. The first-order chi connectivity index (χ1) is 7.86. The molecule has 0 bridgehead atoms. The van der Waals surface area contributed by atoms with E-state index in [-0.39, 0.29) is 0 Å². The largest absolute Gasteiger partial charge is 0.493 e. The highest BCUT2D eigenvalue weighted by molar-refractivity contribution is 5.48. The normalized spacial score (nSPS) is 19.8. The third-order valence-electron chi connectivity index (χ3n) is 3.02. The fourth-order valence-corrected chi connectivity index (χ4v) is 2.23. The lowest BCUT2D eigenvalue weighted by Gasteiger charge is -2.17. The molecule has 1 heterocycles. The van der Waals surface area contributed by atoms with Gasteiger partial charge in [0.2, 0.25) is 0 Å². The van der Waals surface area contributed by atoms with Crippen molar-refractivity contribution in [2.45, 2.75) is 19.3 Å². The highest BCUT2D eigenvalue weighted by Crippen LogP contribution is 2.37. The molecule has 1 fully saturated rings. The Hall–Kier alpha value is -1.22. The number of rotatable bonds is 4. The van der Waals surface area contributed by atoms with E-state index < -0.39 is 0 Å². The highest BCUT2D eigenvalue weighted by Gasteiger charge is 2.22. The molecule has 0 radical (unpaired) electrons. The predicted molar refractivity (Wildman–Crippen MR) is 64.4 cm³/mol. The fourth-order valence-electron chi connectivity index (χ4n) is 2.23. The second-order valence-electron chi connectivity index (χ2n) is 4.00. The summed E-state index contributed by atoms with van der Waals surface area (Å²) in [5.41, 5.74) is 1.27. The van der Waals surface area contributed by atoms with Gasteiger partial charge in [-0.25, -0.2) is 0 Å². The molecule has 1 aliphatic rings. The molecule has 16 heavy (non-hydrogen) atoms. The Labute approximate surface area is 96.8 Å². The van der Waals surface area contributed by atoms with Crippen molar-refractivity contribution in [1.82, 2.24) is 5.32 Å². The van der Waals surface area contributed by atoms with Crippen LogP contribution < -0.4 is 14.8 Å². The van der Waals surface area contributed by atoms with Gasteiger partial charge in [0.05, 0.1) is 13.7 Å². The standard InChI is InChI=1S/C13H19NO2/c1-3-16-13-11(10-7-8-14-9-10)5-4-6-12(13)15-2/h4-6,10,14H,3,7-9H2,1-2H3. The summed E-state index contributed by atoms with van der Waals surface area (Å²) in [4.78, 5) is 0. The maximum absolute atomic E-state index is 5.72. The number of methoxy groups -OCH3 is 1. The Morgan fingerprint density at radius 2 is 2.31 bits per heavy atom. The van der Waals surface area contributed by atoms with Crippen molar-refractivity contribution < 1.29 is 9.47 Å². The van der Waals surface area contributed by atoms with Crippen LogP contribution in [0.3, 0.4) is 0 Å². The summed E-state index contributed by atoms with van der Waals surface area (Å²) < 4.78 is 11.1. The molecule has 2 rings (SSSR count). The minimum atomic E-state index is 0.552. The van der Waals surface area contributed by atoms with Crippen LogP contribution in [0, 0.1) is 0 Å². The van der Waals surface area contributed by atoms with Crippen LogP contribution in [0.2, 0.25) is 0 Å². The van der Waals surface area contributed by atoms with Crippen LogP contribution in [-0.2, 0) is 0 Å². The predicted octanol–water partition coefficient (Wildman–Crippen LogP) is 2.17. The maximum atomic E-state index is 5.72. The molecule has 1 unspecified atom stereocenters. The number of hydrogen-bond acceptors (Lipinski definition) is 3. The van der Waals surface area contributed by atoms with Gasteiger partial charge in [0.25, 0.3) is 0 Å². The monoisotopic (exact) mass is 221 g/mol. The van der Waals surface area contributed by atoms with Crippen LogP contribution in [0.4, 0.5) is 0 Å². The number of hydrogen-bond donors (Lipinski definition) is 1. The number of benzene rings is 1. The van der Waals surface area contributed by atoms with E-state index in [1.165, 1.54) is 12.0 Å². The van der Waals surface area contributed by atoms with Gasteiger partial charge in [-0.05, 0) is 26.0 Å². The first-order valence-corrected chi connectivity index (χ1v) is 5.87. The second kappa shape index (κ2) is 5.21. The van der Waals surface area contributed by atoms with Crippen LogP contribution in [0.5, 0.6) is 11.5 Å². The lowest BCUT2D eigenvalue weighted by atomic mass is 9.97. The first-order valence-electron chi connectivity index (χ1n) is 5.87. The van der Waals surface area contributed by atoms with Crippen LogP contribution >= 0.6 is 0 Å². The van der Waals surface area contributed by atoms with E-state index in [1.807, 2.05) is 19.1 Å².